The number of pyridine rings is 1. The Hall–Kier alpha value is -1.59. The first-order valence-electron chi connectivity index (χ1n) is 3.97. The van der Waals surface area contributed by atoms with E-state index in [2.05, 4.69) is 15.2 Å². The van der Waals surface area contributed by atoms with Crippen LogP contribution in [0.25, 0.3) is 11.4 Å². The zero-order chi connectivity index (χ0) is 9.97. The fourth-order valence-electron chi connectivity index (χ4n) is 1.15. The quantitative estimate of drug-likeness (QED) is 0.867. The summed E-state index contributed by atoms with van der Waals surface area (Å²) >= 11 is 0. The van der Waals surface area contributed by atoms with Crippen molar-refractivity contribution in [3.63, 3.8) is 0 Å². The second-order valence-electron chi connectivity index (χ2n) is 2.68. The summed E-state index contributed by atoms with van der Waals surface area (Å²) in [5, 5.41) is 15.1. The van der Waals surface area contributed by atoms with Gasteiger partial charge in [-0.3, -0.25) is 10.1 Å². The molecule has 0 radical (unpaired) electrons. The van der Waals surface area contributed by atoms with Gasteiger partial charge in [-0.2, -0.15) is 5.10 Å². The minimum absolute atomic E-state index is 0. The number of hydrogen-bond donors (Lipinski definition) is 2. The van der Waals surface area contributed by atoms with Gasteiger partial charge in [-0.1, -0.05) is 6.07 Å². The van der Waals surface area contributed by atoms with E-state index in [9.17, 15) is 4.79 Å². The molecule has 16 heavy (non-hydrogen) atoms. The van der Waals surface area contributed by atoms with Gasteiger partial charge in [-0.25, -0.2) is 4.79 Å². The highest BCUT2D eigenvalue weighted by Gasteiger charge is 2.13. The van der Waals surface area contributed by atoms with Gasteiger partial charge in [0.25, 0.3) is 0 Å². The van der Waals surface area contributed by atoms with E-state index in [0.29, 0.717) is 11.4 Å². The number of carboxylic acids is 1. The SMILES string of the molecule is Cl.Cl.O=C(O)c1cn[nH]c1-c1ccccn1. The molecule has 0 spiro atoms. The molecule has 2 heterocycles. The molecule has 0 aromatic carbocycles. The van der Waals surface area contributed by atoms with Crippen molar-refractivity contribution >= 4 is 30.8 Å². The highest BCUT2D eigenvalue weighted by molar-refractivity contribution is 5.93. The van der Waals surface area contributed by atoms with Crippen LogP contribution in [0.15, 0.2) is 30.6 Å². The normalized spacial score (nSPS) is 8.75. The van der Waals surface area contributed by atoms with Gasteiger partial charge in [-0.15, -0.1) is 24.8 Å². The summed E-state index contributed by atoms with van der Waals surface area (Å²) in [6.45, 7) is 0. The number of aromatic carboxylic acids is 1. The lowest BCUT2D eigenvalue weighted by atomic mass is 10.2. The lowest BCUT2D eigenvalue weighted by Gasteiger charge is -1.96. The van der Waals surface area contributed by atoms with Crippen molar-refractivity contribution in [3.05, 3.63) is 36.2 Å². The third-order valence-electron chi connectivity index (χ3n) is 1.79. The molecule has 2 N–H and O–H groups in total. The molecule has 86 valence electrons. The molecule has 5 nitrogen and oxygen atoms in total. The van der Waals surface area contributed by atoms with Crippen LogP contribution in [0.2, 0.25) is 0 Å². The van der Waals surface area contributed by atoms with Gasteiger partial charge < -0.3 is 5.11 Å². The molecule has 0 unspecified atom stereocenters. The van der Waals surface area contributed by atoms with Crippen LogP contribution >= 0.6 is 24.8 Å². The van der Waals surface area contributed by atoms with Crippen LogP contribution in [0.3, 0.4) is 0 Å². The molecular formula is C9H9Cl2N3O2. The fourth-order valence-corrected chi connectivity index (χ4v) is 1.15. The van der Waals surface area contributed by atoms with E-state index in [4.69, 9.17) is 5.11 Å². The molecule has 2 rings (SSSR count). The minimum Gasteiger partial charge on any atom is -0.478 e. The van der Waals surface area contributed by atoms with Gasteiger partial charge in [0.2, 0.25) is 0 Å². The highest BCUT2D eigenvalue weighted by atomic mass is 35.5. The smallest absolute Gasteiger partial charge is 0.339 e. The number of nitrogens with zero attached hydrogens (tertiary/aromatic N) is 2. The molecule has 2 aromatic rings. The largest absolute Gasteiger partial charge is 0.478 e. The van der Waals surface area contributed by atoms with E-state index in [0.717, 1.165) is 0 Å². The van der Waals surface area contributed by atoms with Crippen LogP contribution in [0.4, 0.5) is 0 Å². The maximum absolute atomic E-state index is 10.8. The van der Waals surface area contributed by atoms with Gasteiger partial charge in [0, 0.05) is 6.20 Å². The average molecular weight is 262 g/mol. The molecule has 0 saturated heterocycles. The van der Waals surface area contributed by atoms with Gasteiger partial charge in [0.1, 0.15) is 5.56 Å². The lowest BCUT2D eigenvalue weighted by Crippen LogP contribution is -1.97. The van der Waals surface area contributed by atoms with Crippen LogP contribution in [0.5, 0.6) is 0 Å². The maximum atomic E-state index is 10.8. The summed E-state index contributed by atoms with van der Waals surface area (Å²) in [5.41, 5.74) is 1.13. The Morgan fingerprint density at radius 2 is 2.06 bits per heavy atom. The summed E-state index contributed by atoms with van der Waals surface area (Å²) < 4.78 is 0. The summed E-state index contributed by atoms with van der Waals surface area (Å²) in [6.07, 6.45) is 2.87. The number of aromatic nitrogens is 3. The second kappa shape index (κ2) is 6.09. The predicted octanol–water partition coefficient (Wildman–Crippen LogP) is 2.01. The van der Waals surface area contributed by atoms with Crippen molar-refractivity contribution < 1.29 is 9.90 Å². The second-order valence-corrected chi connectivity index (χ2v) is 2.68. The molecule has 0 bridgehead atoms. The third kappa shape index (κ3) is 2.71. The topological polar surface area (TPSA) is 78.9 Å². The highest BCUT2D eigenvalue weighted by Crippen LogP contribution is 2.17. The van der Waals surface area contributed by atoms with Crippen LogP contribution < -0.4 is 0 Å². The number of rotatable bonds is 2. The molecule has 0 aliphatic heterocycles. The Labute approximate surface area is 104 Å². The molecule has 0 fully saturated rings. The first-order chi connectivity index (χ1) is 6.79. The van der Waals surface area contributed by atoms with E-state index >= 15 is 0 Å². The van der Waals surface area contributed by atoms with E-state index in [1.165, 1.54) is 6.20 Å². The van der Waals surface area contributed by atoms with Gasteiger partial charge >= 0.3 is 5.97 Å². The van der Waals surface area contributed by atoms with Crippen molar-refractivity contribution in [2.24, 2.45) is 0 Å². The van der Waals surface area contributed by atoms with Crippen molar-refractivity contribution in [2.45, 2.75) is 0 Å². The zero-order valence-electron chi connectivity index (χ0n) is 7.95. The zero-order valence-corrected chi connectivity index (χ0v) is 9.59. The number of nitrogens with one attached hydrogen (secondary N) is 1. The first-order valence-corrected chi connectivity index (χ1v) is 3.97. The Kier molecular flexibility index (Phi) is 5.49. The molecule has 7 heteroatoms. The van der Waals surface area contributed by atoms with Gasteiger partial charge in [-0.05, 0) is 12.1 Å². The number of H-pyrrole nitrogens is 1. The summed E-state index contributed by atoms with van der Waals surface area (Å²) in [4.78, 5) is 14.8. The van der Waals surface area contributed by atoms with E-state index in [-0.39, 0.29) is 30.4 Å². The Morgan fingerprint density at radius 1 is 1.31 bits per heavy atom. The molecule has 2 aromatic heterocycles. The molecule has 0 saturated carbocycles. The number of hydrogen-bond acceptors (Lipinski definition) is 3. The number of halogens is 2. The van der Waals surface area contributed by atoms with E-state index < -0.39 is 5.97 Å². The maximum Gasteiger partial charge on any atom is 0.339 e. The average Bonchev–Trinajstić information content (AvgIpc) is 2.67. The van der Waals surface area contributed by atoms with Crippen molar-refractivity contribution in [1.29, 1.82) is 0 Å². The van der Waals surface area contributed by atoms with Crippen molar-refractivity contribution in [3.8, 4) is 11.4 Å². The summed E-state index contributed by atoms with van der Waals surface area (Å²) in [7, 11) is 0. The molecule has 0 atom stereocenters. The Bertz CT molecular complexity index is 459. The summed E-state index contributed by atoms with van der Waals surface area (Å²) in [6, 6.07) is 5.27. The van der Waals surface area contributed by atoms with Gasteiger partial charge in [0.05, 0.1) is 17.6 Å². The molecule has 0 aliphatic rings. The fraction of sp³-hybridized carbons (Fsp3) is 0. The monoisotopic (exact) mass is 261 g/mol. The lowest BCUT2D eigenvalue weighted by molar-refractivity contribution is 0.0698. The minimum atomic E-state index is -1.01. The Morgan fingerprint density at radius 3 is 2.62 bits per heavy atom. The van der Waals surface area contributed by atoms with Gasteiger partial charge in [0.15, 0.2) is 0 Å². The van der Waals surface area contributed by atoms with E-state index in [1.807, 2.05) is 0 Å². The van der Waals surface area contributed by atoms with Crippen LogP contribution in [0, 0.1) is 0 Å². The van der Waals surface area contributed by atoms with Crippen LogP contribution in [0.1, 0.15) is 10.4 Å². The number of aromatic amines is 1. The first kappa shape index (κ1) is 14.4. The van der Waals surface area contributed by atoms with Crippen molar-refractivity contribution in [1.82, 2.24) is 15.2 Å². The standard InChI is InChI=1S/C9H7N3O2.2ClH/c13-9(14)6-5-11-12-8(6)7-3-1-2-4-10-7;;/h1-5H,(H,11,12)(H,13,14);2*1H. The van der Waals surface area contributed by atoms with Crippen molar-refractivity contribution in [2.75, 3.05) is 0 Å². The predicted molar refractivity (Wildman–Crippen MR) is 63.3 cm³/mol. The molecule has 0 amide bonds. The number of carboxylic acid groups (broad SMARTS) is 1. The third-order valence-corrected chi connectivity index (χ3v) is 1.79. The van der Waals surface area contributed by atoms with E-state index in [1.54, 1.807) is 24.4 Å². The Balaban J connectivity index is 0.00000112. The summed E-state index contributed by atoms with van der Waals surface area (Å²) in [5.74, 6) is -1.01. The molecule has 0 aliphatic carbocycles. The number of carbonyl (C=O) groups is 1. The van der Waals surface area contributed by atoms with Crippen LogP contribution in [-0.2, 0) is 0 Å². The molecular weight excluding hydrogens is 253 g/mol. The van der Waals surface area contributed by atoms with Crippen LogP contribution in [-0.4, -0.2) is 26.3 Å².